The Bertz CT molecular complexity index is 283. The zero-order chi connectivity index (χ0) is 10.6. The van der Waals surface area contributed by atoms with Gasteiger partial charge in [0, 0.05) is 11.8 Å². The van der Waals surface area contributed by atoms with Gasteiger partial charge in [-0.3, -0.25) is 0 Å². The summed E-state index contributed by atoms with van der Waals surface area (Å²) >= 11 is 0. The Morgan fingerprint density at radius 2 is 2.00 bits per heavy atom. The molecule has 0 radical (unpaired) electrons. The van der Waals surface area contributed by atoms with Crippen LogP contribution < -0.4 is 10.5 Å². The fourth-order valence-corrected chi connectivity index (χ4v) is 1.53. The molecule has 0 bridgehead atoms. The van der Waals surface area contributed by atoms with E-state index in [2.05, 4.69) is 20.8 Å². The first-order valence-corrected chi connectivity index (χ1v) is 5.10. The fourth-order valence-electron chi connectivity index (χ4n) is 1.53. The summed E-state index contributed by atoms with van der Waals surface area (Å²) in [5.41, 5.74) is 6.40. The summed E-state index contributed by atoms with van der Waals surface area (Å²) in [4.78, 5) is 0. The van der Waals surface area contributed by atoms with Gasteiger partial charge in [-0.25, -0.2) is 0 Å². The van der Waals surface area contributed by atoms with Crippen LogP contribution in [0.1, 0.15) is 27.2 Å². The molecule has 1 aromatic carbocycles. The van der Waals surface area contributed by atoms with Gasteiger partial charge in [-0.1, -0.05) is 19.9 Å². The highest BCUT2D eigenvalue weighted by Gasteiger charge is 2.06. The van der Waals surface area contributed by atoms with E-state index in [0.29, 0.717) is 5.92 Å². The van der Waals surface area contributed by atoms with Crippen molar-refractivity contribution in [3.63, 3.8) is 0 Å². The molecule has 1 unspecified atom stereocenters. The van der Waals surface area contributed by atoms with Crippen molar-refractivity contribution >= 4 is 5.69 Å². The Balaban J connectivity index is 2.51. The van der Waals surface area contributed by atoms with Gasteiger partial charge in [0.05, 0.1) is 6.10 Å². The molecule has 2 heteroatoms. The Labute approximate surface area is 86.1 Å². The van der Waals surface area contributed by atoms with Crippen molar-refractivity contribution in [3.05, 3.63) is 24.3 Å². The van der Waals surface area contributed by atoms with Gasteiger partial charge in [-0.2, -0.15) is 0 Å². The van der Waals surface area contributed by atoms with Crippen molar-refractivity contribution in [2.75, 3.05) is 5.73 Å². The molecular weight excluding hydrogens is 174 g/mol. The Kier molecular flexibility index (Phi) is 3.81. The molecule has 78 valence electrons. The van der Waals surface area contributed by atoms with Crippen molar-refractivity contribution in [1.29, 1.82) is 0 Å². The van der Waals surface area contributed by atoms with E-state index in [4.69, 9.17) is 10.5 Å². The van der Waals surface area contributed by atoms with E-state index in [1.807, 2.05) is 24.3 Å². The molecule has 0 fully saturated rings. The smallest absolute Gasteiger partial charge is 0.121 e. The van der Waals surface area contributed by atoms with E-state index in [0.717, 1.165) is 17.9 Å². The van der Waals surface area contributed by atoms with Crippen LogP contribution in [-0.4, -0.2) is 6.10 Å². The van der Waals surface area contributed by atoms with Gasteiger partial charge in [-0.05, 0) is 31.4 Å². The lowest BCUT2D eigenvalue weighted by Crippen LogP contribution is -2.14. The molecule has 1 rings (SSSR count). The number of hydrogen-bond acceptors (Lipinski definition) is 2. The summed E-state index contributed by atoms with van der Waals surface area (Å²) in [5.74, 6) is 1.52. The van der Waals surface area contributed by atoms with Gasteiger partial charge >= 0.3 is 0 Å². The van der Waals surface area contributed by atoms with E-state index in [9.17, 15) is 0 Å². The minimum Gasteiger partial charge on any atom is -0.491 e. The first-order valence-electron chi connectivity index (χ1n) is 5.10. The average Bonchev–Trinajstić information content (AvgIpc) is 2.01. The molecule has 0 amide bonds. The number of benzene rings is 1. The number of nitrogens with two attached hydrogens (primary N) is 1. The molecule has 0 heterocycles. The second-order valence-corrected chi connectivity index (χ2v) is 4.13. The number of anilines is 1. The van der Waals surface area contributed by atoms with Crippen LogP contribution in [0.5, 0.6) is 5.75 Å². The zero-order valence-corrected chi connectivity index (χ0v) is 9.16. The van der Waals surface area contributed by atoms with Crippen LogP contribution in [0.25, 0.3) is 0 Å². The molecule has 1 aromatic rings. The van der Waals surface area contributed by atoms with Gasteiger partial charge in [0.15, 0.2) is 0 Å². The number of nitrogen functional groups attached to an aromatic ring is 1. The van der Waals surface area contributed by atoms with Crippen LogP contribution in [0.15, 0.2) is 24.3 Å². The molecule has 0 saturated carbocycles. The summed E-state index contributed by atoms with van der Waals surface area (Å²) in [5, 5.41) is 0. The average molecular weight is 193 g/mol. The monoisotopic (exact) mass is 193 g/mol. The molecule has 0 saturated heterocycles. The maximum absolute atomic E-state index is 5.73. The lowest BCUT2D eigenvalue weighted by atomic mass is 10.1. The van der Waals surface area contributed by atoms with Crippen LogP contribution in [0.3, 0.4) is 0 Å². The second kappa shape index (κ2) is 4.89. The summed E-state index contributed by atoms with van der Waals surface area (Å²) in [7, 11) is 0. The molecule has 0 aliphatic heterocycles. The Morgan fingerprint density at radius 1 is 1.29 bits per heavy atom. The number of ether oxygens (including phenoxy) is 1. The largest absolute Gasteiger partial charge is 0.491 e. The SMILES string of the molecule is CC(C)CC(C)Oc1cccc(N)c1. The molecule has 1 atom stereocenters. The lowest BCUT2D eigenvalue weighted by molar-refractivity contribution is 0.193. The third kappa shape index (κ3) is 3.69. The predicted octanol–water partition coefficient (Wildman–Crippen LogP) is 3.08. The van der Waals surface area contributed by atoms with E-state index in [1.54, 1.807) is 0 Å². The maximum Gasteiger partial charge on any atom is 0.121 e. The van der Waals surface area contributed by atoms with Crippen molar-refractivity contribution in [2.45, 2.75) is 33.3 Å². The van der Waals surface area contributed by atoms with E-state index < -0.39 is 0 Å². The number of rotatable bonds is 4. The van der Waals surface area contributed by atoms with E-state index in [-0.39, 0.29) is 6.10 Å². The van der Waals surface area contributed by atoms with Crippen LogP contribution in [0, 0.1) is 5.92 Å². The van der Waals surface area contributed by atoms with Crippen molar-refractivity contribution in [2.24, 2.45) is 5.92 Å². The van der Waals surface area contributed by atoms with Gasteiger partial charge in [0.2, 0.25) is 0 Å². The van der Waals surface area contributed by atoms with Gasteiger partial charge in [-0.15, -0.1) is 0 Å². The highest BCUT2D eigenvalue weighted by atomic mass is 16.5. The van der Waals surface area contributed by atoms with Crippen LogP contribution in [-0.2, 0) is 0 Å². The summed E-state index contributed by atoms with van der Waals surface area (Å²) in [6.07, 6.45) is 1.31. The van der Waals surface area contributed by atoms with Crippen molar-refractivity contribution in [1.82, 2.24) is 0 Å². The van der Waals surface area contributed by atoms with Crippen LogP contribution in [0.4, 0.5) is 5.69 Å². The molecule has 2 nitrogen and oxygen atoms in total. The van der Waals surface area contributed by atoms with E-state index in [1.165, 1.54) is 0 Å². The number of hydrogen-bond donors (Lipinski definition) is 1. The van der Waals surface area contributed by atoms with Crippen LogP contribution in [0.2, 0.25) is 0 Å². The predicted molar refractivity (Wildman–Crippen MR) is 60.4 cm³/mol. The summed E-state index contributed by atoms with van der Waals surface area (Å²) < 4.78 is 5.73. The fraction of sp³-hybridized carbons (Fsp3) is 0.500. The third-order valence-corrected chi connectivity index (χ3v) is 2.00. The standard InChI is InChI=1S/C12H19NO/c1-9(2)7-10(3)14-12-6-4-5-11(13)8-12/h4-6,8-10H,7,13H2,1-3H3. The van der Waals surface area contributed by atoms with Crippen LogP contribution >= 0.6 is 0 Å². The second-order valence-electron chi connectivity index (χ2n) is 4.13. The molecule has 0 aromatic heterocycles. The topological polar surface area (TPSA) is 35.2 Å². The first-order chi connectivity index (χ1) is 6.58. The first kappa shape index (κ1) is 10.9. The Morgan fingerprint density at radius 3 is 2.57 bits per heavy atom. The summed E-state index contributed by atoms with van der Waals surface area (Å²) in [6.45, 7) is 6.47. The highest BCUT2D eigenvalue weighted by molar-refractivity contribution is 5.43. The van der Waals surface area contributed by atoms with Gasteiger partial charge < -0.3 is 10.5 Å². The normalized spacial score (nSPS) is 12.9. The maximum atomic E-state index is 5.73. The molecular formula is C12H19NO. The van der Waals surface area contributed by atoms with E-state index >= 15 is 0 Å². The molecule has 0 spiro atoms. The zero-order valence-electron chi connectivity index (χ0n) is 9.16. The Hall–Kier alpha value is -1.18. The van der Waals surface area contributed by atoms with Gasteiger partial charge in [0.25, 0.3) is 0 Å². The minimum absolute atomic E-state index is 0.247. The molecule has 0 aliphatic rings. The van der Waals surface area contributed by atoms with Gasteiger partial charge in [0.1, 0.15) is 5.75 Å². The molecule has 2 N–H and O–H groups in total. The third-order valence-electron chi connectivity index (χ3n) is 2.00. The summed E-state index contributed by atoms with van der Waals surface area (Å²) in [6, 6.07) is 7.57. The molecule has 0 aliphatic carbocycles. The highest BCUT2D eigenvalue weighted by Crippen LogP contribution is 2.18. The quantitative estimate of drug-likeness (QED) is 0.746. The minimum atomic E-state index is 0.247. The van der Waals surface area contributed by atoms with Crippen molar-refractivity contribution < 1.29 is 4.74 Å². The lowest BCUT2D eigenvalue weighted by Gasteiger charge is -2.16. The van der Waals surface area contributed by atoms with Crippen molar-refractivity contribution in [3.8, 4) is 5.75 Å². The molecule has 14 heavy (non-hydrogen) atoms.